The first-order valence-electron chi connectivity index (χ1n) is 10.3. The number of amides is 1. The summed E-state index contributed by atoms with van der Waals surface area (Å²) < 4.78 is 27.8. The van der Waals surface area contributed by atoms with Crippen molar-refractivity contribution in [2.75, 3.05) is 11.8 Å². The molecule has 1 amide bonds. The summed E-state index contributed by atoms with van der Waals surface area (Å²) in [5.41, 5.74) is 2.70. The van der Waals surface area contributed by atoms with Crippen molar-refractivity contribution in [2.24, 2.45) is 0 Å². The van der Waals surface area contributed by atoms with Gasteiger partial charge in [0.1, 0.15) is 0 Å². The first-order chi connectivity index (χ1) is 15.3. The highest BCUT2D eigenvalue weighted by atomic mass is 32.2. The van der Waals surface area contributed by atoms with Crippen LogP contribution in [0.4, 0.5) is 5.69 Å². The Labute approximate surface area is 188 Å². The number of hydrogen-bond acceptors (Lipinski definition) is 3. The Hall–Kier alpha value is -3.64. The van der Waals surface area contributed by atoms with Crippen molar-refractivity contribution in [3.63, 3.8) is 0 Å². The van der Waals surface area contributed by atoms with Crippen LogP contribution in [0, 0.1) is 6.92 Å². The number of carbonyl (C=O) groups is 1. The second-order valence-corrected chi connectivity index (χ2v) is 9.43. The Morgan fingerprint density at radius 1 is 0.875 bits per heavy atom. The third-order valence-electron chi connectivity index (χ3n) is 5.41. The summed E-state index contributed by atoms with van der Waals surface area (Å²) in [5, 5.41) is 2.26. The molecule has 0 spiro atoms. The highest BCUT2D eigenvalue weighted by molar-refractivity contribution is 7.92. The zero-order chi connectivity index (χ0) is 22.7. The molecule has 0 radical (unpaired) electrons. The van der Waals surface area contributed by atoms with Crippen LogP contribution in [0.3, 0.4) is 0 Å². The van der Waals surface area contributed by atoms with Crippen molar-refractivity contribution < 1.29 is 13.2 Å². The minimum Gasteiger partial charge on any atom is -0.337 e. The molecule has 0 aliphatic heterocycles. The summed E-state index contributed by atoms with van der Waals surface area (Å²) in [4.78, 5) is 14.9. The molecule has 0 saturated carbocycles. The lowest BCUT2D eigenvalue weighted by Crippen LogP contribution is -2.26. The van der Waals surface area contributed by atoms with Gasteiger partial charge in [-0.15, -0.1) is 0 Å². The Kier molecular flexibility index (Phi) is 5.97. The number of rotatable bonds is 6. The van der Waals surface area contributed by atoms with Gasteiger partial charge in [0.2, 0.25) is 0 Å². The molecule has 1 N–H and O–H groups in total. The van der Waals surface area contributed by atoms with Gasteiger partial charge in [0.25, 0.3) is 15.9 Å². The van der Waals surface area contributed by atoms with Gasteiger partial charge in [-0.2, -0.15) is 0 Å². The fourth-order valence-corrected chi connectivity index (χ4v) is 4.84. The van der Waals surface area contributed by atoms with E-state index >= 15 is 0 Å². The molecule has 32 heavy (non-hydrogen) atoms. The molecule has 0 heterocycles. The number of fused-ring (bicyclic) bond motifs is 1. The van der Waals surface area contributed by atoms with Crippen LogP contribution in [-0.2, 0) is 16.6 Å². The van der Waals surface area contributed by atoms with Crippen molar-refractivity contribution in [2.45, 2.75) is 18.4 Å². The molecule has 162 valence electrons. The maximum atomic E-state index is 13.0. The van der Waals surface area contributed by atoms with Crippen molar-refractivity contribution in [3.05, 3.63) is 108 Å². The van der Waals surface area contributed by atoms with E-state index in [1.165, 1.54) is 12.1 Å². The van der Waals surface area contributed by atoms with Crippen LogP contribution in [0.1, 0.15) is 21.5 Å². The topological polar surface area (TPSA) is 66.5 Å². The van der Waals surface area contributed by atoms with Gasteiger partial charge in [-0.05, 0) is 59.2 Å². The lowest BCUT2D eigenvalue weighted by Gasteiger charge is -2.19. The summed E-state index contributed by atoms with van der Waals surface area (Å²) in [6, 6.07) is 27.4. The van der Waals surface area contributed by atoms with Gasteiger partial charge in [-0.3, -0.25) is 9.52 Å². The molecule has 0 atom stereocenters. The van der Waals surface area contributed by atoms with Crippen LogP contribution in [0.5, 0.6) is 0 Å². The van der Waals surface area contributed by atoms with Crippen LogP contribution in [0.25, 0.3) is 10.8 Å². The fraction of sp³-hybridized carbons (Fsp3) is 0.115. The summed E-state index contributed by atoms with van der Waals surface area (Å²) >= 11 is 0. The molecular weight excluding hydrogens is 420 g/mol. The minimum absolute atomic E-state index is 0.126. The van der Waals surface area contributed by atoms with Gasteiger partial charge in [0.05, 0.1) is 10.6 Å². The molecule has 0 aromatic heterocycles. The van der Waals surface area contributed by atoms with E-state index < -0.39 is 10.0 Å². The van der Waals surface area contributed by atoms with E-state index in [2.05, 4.69) is 22.9 Å². The molecule has 0 aliphatic rings. The van der Waals surface area contributed by atoms with Gasteiger partial charge in [0.15, 0.2) is 0 Å². The van der Waals surface area contributed by atoms with E-state index in [0.29, 0.717) is 23.4 Å². The van der Waals surface area contributed by atoms with Gasteiger partial charge in [0, 0.05) is 19.2 Å². The number of nitrogens with one attached hydrogen (secondary N) is 1. The molecule has 0 bridgehead atoms. The summed E-state index contributed by atoms with van der Waals surface area (Å²) in [5.74, 6) is -0.126. The molecule has 4 aromatic rings. The molecule has 0 aliphatic carbocycles. The Morgan fingerprint density at radius 3 is 2.31 bits per heavy atom. The Balaban J connectivity index is 1.52. The summed E-state index contributed by atoms with van der Waals surface area (Å²) in [6.45, 7) is 2.26. The second kappa shape index (κ2) is 8.85. The molecule has 0 fully saturated rings. The number of nitrogens with zero attached hydrogens (tertiary/aromatic N) is 1. The third-order valence-corrected chi connectivity index (χ3v) is 6.79. The molecule has 5 nitrogen and oxygen atoms in total. The predicted octanol–water partition coefficient (Wildman–Crippen LogP) is 5.22. The zero-order valence-electron chi connectivity index (χ0n) is 17.9. The highest BCUT2D eigenvalue weighted by Crippen LogP contribution is 2.23. The lowest BCUT2D eigenvalue weighted by atomic mass is 10.0. The summed E-state index contributed by atoms with van der Waals surface area (Å²) in [7, 11) is -1.92. The van der Waals surface area contributed by atoms with E-state index in [0.717, 1.165) is 16.3 Å². The van der Waals surface area contributed by atoms with Crippen LogP contribution >= 0.6 is 0 Å². The molecule has 4 rings (SSSR count). The molecule has 6 heteroatoms. The highest BCUT2D eigenvalue weighted by Gasteiger charge is 2.17. The average Bonchev–Trinajstić information content (AvgIpc) is 2.80. The second-order valence-electron chi connectivity index (χ2n) is 7.75. The number of aryl methyl sites for hydroxylation is 1. The first kappa shape index (κ1) is 21.6. The minimum atomic E-state index is -3.69. The molecule has 4 aromatic carbocycles. The monoisotopic (exact) mass is 444 g/mol. The quantitative estimate of drug-likeness (QED) is 0.443. The SMILES string of the molecule is Cc1cc(C(=O)N(C)Cc2cccc3ccccc23)ccc1NS(=O)(=O)c1ccccc1. The summed E-state index contributed by atoms with van der Waals surface area (Å²) in [6.07, 6.45) is 0. The Morgan fingerprint density at radius 2 is 1.56 bits per heavy atom. The maximum Gasteiger partial charge on any atom is 0.261 e. The van der Waals surface area contributed by atoms with Crippen molar-refractivity contribution in [1.82, 2.24) is 4.90 Å². The number of anilines is 1. The predicted molar refractivity (Wildman–Crippen MR) is 128 cm³/mol. The smallest absolute Gasteiger partial charge is 0.261 e. The van der Waals surface area contributed by atoms with Gasteiger partial charge in [-0.1, -0.05) is 60.7 Å². The van der Waals surface area contributed by atoms with E-state index in [1.54, 1.807) is 55.3 Å². The van der Waals surface area contributed by atoms with E-state index in [4.69, 9.17) is 0 Å². The number of carbonyl (C=O) groups excluding carboxylic acids is 1. The normalized spacial score (nSPS) is 11.3. The lowest BCUT2D eigenvalue weighted by molar-refractivity contribution is 0.0785. The van der Waals surface area contributed by atoms with Gasteiger partial charge in [-0.25, -0.2) is 8.42 Å². The number of hydrogen-bond donors (Lipinski definition) is 1. The van der Waals surface area contributed by atoms with E-state index in [1.807, 2.05) is 24.3 Å². The maximum absolute atomic E-state index is 13.0. The number of benzene rings is 4. The van der Waals surface area contributed by atoms with Gasteiger partial charge < -0.3 is 4.90 Å². The molecule has 0 saturated heterocycles. The average molecular weight is 445 g/mol. The van der Waals surface area contributed by atoms with Gasteiger partial charge >= 0.3 is 0 Å². The van der Waals surface area contributed by atoms with Crippen LogP contribution in [0.2, 0.25) is 0 Å². The zero-order valence-corrected chi connectivity index (χ0v) is 18.8. The molecular formula is C26H24N2O3S. The van der Waals surface area contributed by atoms with Crippen LogP contribution in [-0.4, -0.2) is 26.3 Å². The van der Waals surface area contributed by atoms with Crippen LogP contribution < -0.4 is 4.72 Å². The number of sulfonamides is 1. The van der Waals surface area contributed by atoms with E-state index in [9.17, 15) is 13.2 Å². The third kappa shape index (κ3) is 4.50. The van der Waals surface area contributed by atoms with Crippen LogP contribution in [0.15, 0.2) is 95.9 Å². The van der Waals surface area contributed by atoms with E-state index in [-0.39, 0.29) is 10.8 Å². The van der Waals surface area contributed by atoms with Crippen molar-refractivity contribution >= 4 is 32.4 Å². The Bertz CT molecular complexity index is 1380. The van der Waals surface area contributed by atoms with Crippen molar-refractivity contribution in [1.29, 1.82) is 0 Å². The fourth-order valence-electron chi connectivity index (χ4n) is 3.69. The molecule has 0 unspecified atom stereocenters. The van der Waals surface area contributed by atoms with Crippen molar-refractivity contribution in [3.8, 4) is 0 Å². The standard InChI is InChI=1S/C26H24N2O3S/c1-19-17-21(15-16-25(19)27-32(30,31)23-12-4-3-5-13-23)26(29)28(2)18-22-11-8-10-20-9-6-7-14-24(20)22/h3-17,27H,18H2,1-2H3. The first-order valence-corrected chi connectivity index (χ1v) is 11.7. The largest absolute Gasteiger partial charge is 0.337 e.